The van der Waals surface area contributed by atoms with E-state index in [1.54, 1.807) is 13.0 Å². The van der Waals surface area contributed by atoms with Crippen molar-refractivity contribution < 1.29 is 13.2 Å². The number of nitrogens with one attached hydrogen (secondary N) is 1. The highest BCUT2D eigenvalue weighted by Gasteiger charge is 2.19. The summed E-state index contributed by atoms with van der Waals surface area (Å²) in [5, 5.41) is 1.25. The predicted octanol–water partition coefficient (Wildman–Crippen LogP) is 7.01. The van der Waals surface area contributed by atoms with Crippen molar-refractivity contribution in [2.45, 2.75) is 11.8 Å². The van der Waals surface area contributed by atoms with Crippen molar-refractivity contribution >= 4 is 67.3 Å². The number of aromatic nitrogens is 1. The molecule has 0 amide bonds. The van der Waals surface area contributed by atoms with E-state index in [2.05, 4.69) is 9.71 Å². The lowest BCUT2D eigenvalue weighted by atomic mass is 10.2. The lowest BCUT2D eigenvalue weighted by Gasteiger charge is -2.12. The third-order valence-electron chi connectivity index (χ3n) is 4.16. The highest BCUT2D eigenvalue weighted by Crippen LogP contribution is 2.27. The fraction of sp³-hybridized carbons (Fsp3) is 0.0455. The standard InChI is InChI=1S/C22H16Cl4N2O3S/c1-2-16(28-32(29,30)22-8-7-15(24)10-19(22)26)11-18(25)21(12-23)31-17-9-14-5-3-4-6-20(14)27-13-17/h2-13,28H,1H3/b16-2+,18-11+,21-12-. The zero-order valence-corrected chi connectivity index (χ0v) is 20.4. The number of ether oxygens (including phenoxy) is 1. The van der Waals surface area contributed by atoms with Crippen molar-refractivity contribution in [3.63, 3.8) is 0 Å². The smallest absolute Gasteiger partial charge is 0.263 e. The SMILES string of the molecule is C\C=C(/C=C(Cl)\C(=C\Cl)Oc1cnc2ccccc2c1)NS(=O)(=O)c1ccc(Cl)cc1Cl. The molecule has 5 nitrogen and oxygen atoms in total. The van der Waals surface area contributed by atoms with Crippen molar-refractivity contribution in [1.29, 1.82) is 0 Å². The number of halogens is 4. The van der Waals surface area contributed by atoms with Gasteiger partial charge in [0.15, 0.2) is 5.76 Å². The molecule has 0 fully saturated rings. The Labute approximate surface area is 206 Å². The van der Waals surface area contributed by atoms with Crippen LogP contribution < -0.4 is 9.46 Å². The first-order chi connectivity index (χ1) is 15.2. The Bertz CT molecular complexity index is 1350. The minimum absolute atomic E-state index is 0.0102. The van der Waals surface area contributed by atoms with Crippen LogP contribution in [0.5, 0.6) is 5.75 Å². The summed E-state index contributed by atoms with van der Waals surface area (Å²) in [6, 6.07) is 13.4. The van der Waals surface area contributed by atoms with Crippen molar-refractivity contribution in [2.24, 2.45) is 0 Å². The quantitative estimate of drug-likeness (QED) is 0.264. The van der Waals surface area contributed by atoms with Crippen LogP contribution in [0.25, 0.3) is 10.9 Å². The Kier molecular flexibility index (Phi) is 8.09. The van der Waals surface area contributed by atoms with E-state index in [1.807, 2.05) is 24.3 Å². The van der Waals surface area contributed by atoms with Gasteiger partial charge >= 0.3 is 0 Å². The molecule has 1 aromatic heterocycles. The van der Waals surface area contributed by atoms with Gasteiger partial charge in [-0.05, 0) is 43.3 Å². The third-order valence-corrected chi connectivity index (χ3v) is 6.75. The molecule has 0 saturated heterocycles. The summed E-state index contributed by atoms with van der Waals surface area (Å²) in [5.41, 5.74) is 2.13. The summed E-state index contributed by atoms with van der Waals surface area (Å²) >= 11 is 24.1. The molecule has 0 bridgehead atoms. The van der Waals surface area contributed by atoms with Crippen molar-refractivity contribution in [1.82, 2.24) is 9.71 Å². The van der Waals surface area contributed by atoms with Gasteiger partial charge in [-0.25, -0.2) is 8.42 Å². The van der Waals surface area contributed by atoms with E-state index < -0.39 is 10.0 Å². The maximum Gasteiger partial charge on any atom is 0.263 e. The summed E-state index contributed by atoms with van der Waals surface area (Å²) in [5.74, 6) is 0.520. The summed E-state index contributed by atoms with van der Waals surface area (Å²) in [7, 11) is -4.00. The number of sulfonamides is 1. The Morgan fingerprint density at radius 1 is 1.12 bits per heavy atom. The minimum Gasteiger partial charge on any atom is -0.453 e. The predicted molar refractivity (Wildman–Crippen MR) is 131 cm³/mol. The molecule has 0 spiro atoms. The number of pyridine rings is 1. The maximum atomic E-state index is 12.7. The Morgan fingerprint density at radius 3 is 2.56 bits per heavy atom. The van der Waals surface area contributed by atoms with Crippen LogP contribution in [0.3, 0.4) is 0 Å². The molecule has 166 valence electrons. The van der Waals surface area contributed by atoms with Crippen molar-refractivity contribution in [3.05, 3.63) is 98.9 Å². The largest absolute Gasteiger partial charge is 0.453 e. The fourth-order valence-electron chi connectivity index (χ4n) is 2.64. The van der Waals surface area contributed by atoms with Gasteiger partial charge in [0.05, 0.1) is 21.8 Å². The second-order valence-corrected chi connectivity index (χ2v) is 9.48. The lowest BCUT2D eigenvalue weighted by molar-refractivity contribution is 0.442. The molecule has 0 radical (unpaired) electrons. The van der Waals surface area contributed by atoms with Gasteiger partial charge in [0.1, 0.15) is 10.6 Å². The zero-order valence-electron chi connectivity index (χ0n) is 16.5. The second kappa shape index (κ2) is 10.6. The molecule has 0 aliphatic heterocycles. The molecule has 0 aliphatic rings. The van der Waals surface area contributed by atoms with Crippen LogP contribution in [0, 0.1) is 0 Å². The average Bonchev–Trinajstić information content (AvgIpc) is 2.76. The first kappa shape index (κ1) is 24.4. The number of allylic oxidation sites excluding steroid dienone is 3. The molecule has 1 N–H and O–H groups in total. The van der Waals surface area contributed by atoms with Crippen molar-refractivity contribution in [2.75, 3.05) is 0 Å². The van der Waals surface area contributed by atoms with Gasteiger partial charge in [-0.2, -0.15) is 0 Å². The van der Waals surface area contributed by atoms with Gasteiger partial charge in [-0.1, -0.05) is 70.7 Å². The van der Waals surface area contributed by atoms with Crippen LogP contribution in [0.1, 0.15) is 6.92 Å². The molecule has 0 saturated carbocycles. The fourth-order valence-corrected chi connectivity index (χ4v) is 4.94. The first-order valence-electron chi connectivity index (χ1n) is 9.08. The van der Waals surface area contributed by atoms with Gasteiger partial charge in [0.2, 0.25) is 0 Å². The highest BCUT2D eigenvalue weighted by atomic mass is 35.5. The minimum atomic E-state index is -4.00. The second-order valence-electron chi connectivity index (χ2n) is 6.36. The monoisotopic (exact) mass is 528 g/mol. The summed E-state index contributed by atoms with van der Waals surface area (Å²) in [4.78, 5) is 4.19. The van der Waals surface area contributed by atoms with E-state index in [4.69, 9.17) is 51.1 Å². The molecular weight excluding hydrogens is 514 g/mol. The maximum absolute atomic E-state index is 12.7. The molecule has 0 atom stereocenters. The van der Waals surface area contributed by atoms with Crippen LogP contribution in [0.4, 0.5) is 0 Å². The number of hydrogen-bond donors (Lipinski definition) is 1. The molecular formula is C22H16Cl4N2O3S. The number of rotatable bonds is 7. The van der Waals surface area contributed by atoms with Crippen LogP contribution >= 0.6 is 46.4 Å². The molecule has 10 heteroatoms. The summed E-state index contributed by atoms with van der Waals surface area (Å²) in [6.45, 7) is 1.64. The Hall–Kier alpha value is -2.22. The highest BCUT2D eigenvalue weighted by molar-refractivity contribution is 7.89. The molecule has 3 aromatic rings. The first-order valence-corrected chi connectivity index (χ1v) is 12.1. The molecule has 32 heavy (non-hydrogen) atoms. The number of fused-ring (bicyclic) bond motifs is 1. The molecule has 0 unspecified atom stereocenters. The summed E-state index contributed by atoms with van der Waals surface area (Å²) < 4.78 is 33.7. The van der Waals surface area contributed by atoms with Gasteiger partial charge in [0.25, 0.3) is 10.0 Å². The van der Waals surface area contributed by atoms with E-state index in [1.165, 1.54) is 36.5 Å². The Morgan fingerprint density at radius 2 is 1.88 bits per heavy atom. The average molecular weight is 530 g/mol. The van der Waals surface area contributed by atoms with E-state index >= 15 is 0 Å². The lowest BCUT2D eigenvalue weighted by Crippen LogP contribution is -2.23. The third kappa shape index (κ3) is 5.97. The molecule has 3 rings (SSSR count). The van der Waals surface area contributed by atoms with Gasteiger partial charge < -0.3 is 4.74 Å². The number of benzene rings is 2. The van der Waals surface area contributed by atoms with Gasteiger partial charge in [-0.15, -0.1) is 0 Å². The van der Waals surface area contributed by atoms with E-state index in [0.717, 1.165) is 16.4 Å². The van der Waals surface area contributed by atoms with Gasteiger partial charge in [0, 0.05) is 21.6 Å². The molecule has 0 aliphatic carbocycles. The number of nitrogens with zero attached hydrogens (tertiary/aromatic N) is 1. The van der Waals surface area contributed by atoms with Crippen LogP contribution in [-0.4, -0.2) is 13.4 Å². The van der Waals surface area contributed by atoms with E-state index in [9.17, 15) is 8.42 Å². The zero-order chi connectivity index (χ0) is 23.3. The topological polar surface area (TPSA) is 68.3 Å². The van der Waals surface area contributed by atoms with E-state index in [-0.39, 0.29) is 26.4 Å². The molecule has 2 aromatic carbocycles. The number of para-hydroxylation sites is 1. The van der Waals surface area contributed by atoms with Crippen LogP contribution in [0.15, 0.2) is 93.8 Å². The van der Waals surface area contributed by atoms with Gasteiger partial charge in [-0.3, -0.25) is 9.71 Å². The Balaban J connectivity index is 1.82. The van der Waals surface area contributed by atoms with E-state index in [0.29, 0.717) is 10.8 Å². The van der Waals surface area contributed by atoms with Crippen LogP contribution in [0.2, 0.25) is 10.0 Å². The number of hydrogen-bond acceptors (Lipinski definition) is 4. The van der Waals surface area contributed by atoms with Crippen molar-refractivity contribution in [3.8, 4) is 5.75 Å². The van der Waals surface area contributed by atoms with Crippen LogP contribution in [-0.2, 0) is 10.0 Å². The molecule has 1 heterocycles. The normalized spacial score (nSPS) is 13.3. The summed E-state index contributed by atoms with van der Waals surface area (Å²) in [6.07, 6.45) is 4.42.